The van der Waals surface area contributed by atoms with Gasteiger partial charge in [-0.15, -0.1) is 0 Å². The topological polar surface area (TPSA) is 44.5 Å². The molecule has 2 saturated heterocycles. The van der Waals surface area contributed by atoms with Crippen molar-refractivity contribution in [3.05, 3.63) is 48.5 Å². The molecule has 0 saturated carbocycles. The summed E-state index contributed by atoms with van der Waals surface area (Å²) >= 11 is 0. The van der Waals surface area contributed by atoms with Gasteiger partial charge in [0.25, 0.3) is 0 Å². The Labute approximate surface area is 137 Å². The molecule has 0 spiro atoms. The lowest BCUT2D eigenvalue weighted by atomic mass is 10.1. The number of fused-ring (bicyclic) bond motifs is 1. The lowest BCUT2D eigenvalue weighted by Gasteiger charge is -2.42. The molecule has 2 aliphatic heterocycles. The summed E-state index contributed by atoms with van der Waals surface area (Å²) in [5, 5.41) is 9.91. The van der Waals surface area contributed by atoms with Crippen LogP contribution in [0.4, 0.5) is 0 Å². The summed E-state index contributed by atoms with van der Waals surface area (Å²) in [5.41, 5.74) is 2.40. The van der Waals surface area contributed by atoms with Crippen LogP contribution in [0, 0.1) is 0 Å². The molecule has 2 fully saturated rings. The quantitative estimate of drug-likeness (QED) is 0.933. The maximum atomic E-state index is 9.91. The average molecular weight is 312 g/mol. The van der Waals surface area contributed by atoms with Gasteiger partial charge in [-0.25, -0.2) is 0 Å². The minimum Gasteiger partial charge on any atom is -0.392 e. The van der Waals surface area contributed by atoms with E-state index in [-0.39, 0.29) is 6.10 Å². The van der Waals surface area contributed by atoms with Gasteiger partial charge in [0.1, 0.15) is 0 Å². The molecule has 2 aromatic rings. The third-order valence-corrected chi connectivity index (χ3v) is 5.20. The Bertz CT molecular complexity index is 656. The molecule has 1 N–H and O–H groups in total. The third kappa shape index (κ3) is 2.92. The number of pyridine rings is 1. The van der Waals surface area contributed by atoms with Crippen LogP contribution in [0.25, 0.3) is 5.69 Å². The summed E-state index contributed by atoms with van der Waals surface area (Å²) in [7, 11) is 0. The number of hydrogen-bond acceptors (Lipinski definition) is 4. The minimum absolute atomic E-state index is 0.147. The van der Waals surface area contributed by atoms with Crippen molar-refractivity contribution >= 4 is 0 Å². The van der Waals surface area contributed by atoms with E-state index in [4.69, 9.17) is 0 Å². The molecular weight excluding hydrogens is 288 g/mol. The van der Waals surface area contributed by atoms with Crippen LogP contribution in [0.5, 0.6) is 0 Å². The number of piperazine rings is 1. The van der Waals surface area contributed by atoms with E-state index in [1.807, 2.05) is 12.3 Å². The molecule has 0 amide bonds. The first kappa shape index (κ1) is 14.9. The second-order valence-electron chi connectivity index (χ2n) is 6.86. The van der Waals surface area contributed by atoms with Gasteiger partial charge in [0.2, 0.25) is 0 Å². The van der Waals surface area contributed by atoms with E-state index in [9.17, 15) is 5.11 Å². The number of aliphatic hydroxyl groups excluding tert-OH is 1. The summed E-state index contributed by atoms with van der Waals surface area (Å²) in [6, 6.07) is 9.36. The minimum atomic E-state index is -0.147. The fourth-order valence-electron chi connectivity index (χ4n) is 4.00. The molecule has 0 bridgehead atoms. The summed E-state index contributed by atoms with van der Waals surface area (Å²) in [5.74, 6) is 0. The molecule has 4 rings (SSSR count). The molecule has 0 radical (unpaired) electrons. The van der Waals surface area contributed by atoms with Crippen LogP contribution in [-0.2, 0) is 6.54 Å². The van der Waals surface area contributed by atoms with Crippen molar-refractivity contribution in [3.8, 4) is 5.69 Å². The SMILES string of the molecule is C[C@@H]1CN2C[C@H](O)C[C@@H]2CN1Cc1cccn1-c1cccnc1. The largest absolute Gasteiger partial charge is 0.392 e. The van der Waals surface area contributed by atoms with E-state index in [2.05, 4.69) is 50.7 Å². The number of nitrogens with zero attached hydrogens (tertiary/aromatic N) is 4. The van der Waals surface area contributed by atoms with Crippen molar-refractivity contribution in [2.75, 3.05) is 19.6 Å². The highest BCUT2D eigenvalue weighted by atomic mass is 16.3. The van der Waals surface area contributed by atoms with E-state index in [0.29, 0.717) is 12.1 Å². The monoisotopic (exact) mass is 312 g/mol. The predicted octanol–water partition coefficient (Wildman–Crippen LogP) is 1.51. The van der Waals surface area contributed by atoms with Crippen LogP contribution < -0.4 is 0 Å². The molecule has 122 valence electrons. The molecule has 0 aromatic carbocycles. The van der Waals surface area contributed by atoms with E-state index in [0.717, 1.165) is 38.3 Å². The van der Waals surface area contributed by atoms with Gasteiger partial charge >= 0.3 is 0 Å². The van der Waals surface area contributed by atoms with Crippen LogP contribution in [-0.4, -0.2) is 62.3 Å². The highest BCUT2D eigenvalue weighted by Gasteiger charge is 2.38. The Morgan fingerprint density at radius 3 is 2.96 bits per heavy atom. The Morgan fingerprint density at radius 2 is 2.13 bits per heavy atom. The van der Waals surface area contributed by atoms with Crippen LogP contribution in [0.15, 0.2) is 42.9 Å². The van der Waals surface area contributed by atoms with Gasteiger partial charge in [-0.05, 0) is 37.6 Å². The molecule has 5 heteroatoms. The van der Waals surface area contributed by atoms with Gasteiger partial charge in [-0.1, -0.05) is 0 Å². The average Bonchev–Trinajstić information content (AvgIpc) is 3.14. The Morgan fingerprint density at radius 1 is 1.22 bits per heavy atom. The summed E-state index contributed by atoms with van der Waals surface area (Å²) in [4.78, 5) is 9.22. The van der Waals surface area contributed by atoms with Crippen molar-refractivity contribution in [1.82, 2.24) is 19.4 Å². The zero-order valence-corrected chi connectivity index (χ0v) is 13.5. The van der Waals surface area contributed by atoms with E-state index in [1.54, 1.807) is 6.20 Å². The summed E-state index contributed by atoms with van der Waals surface area (Å²) < 4.78 is 2.22. The van der Waals surface area contributed by atoms with Crippen molar-refractivity contribution in [3.63, 3.8) is 0 Å². The number of aliphatic hydroxyl groups is 1. The molecule has 4 heterocycles. The maximum Gasteiger partial charge on any atom is 0.0682 e. The van der Waals surface area contributed by atoms with Crippen LogP contribution in [0.2, 0.25) is 0 Å². The van der Waals surface area contributed by atoms with Crippen molar-refractivity contribution in [2.45, 2.75) is 38.1 Å². The van der Waals surface area contributed by atoms with Gasteiger partial charge in [0.05, 0.1) is 18.0 Å². The number of aromatic nitrogens is 2. The van der Waals surface area contributed by atoms with Gasteiger partial charge < -0.3 is 9.67 Å². The van der Waals surface area contributed by atoms with E-state index >= 15 is 0 Å². The number of rotatable bonds is 3. The maximum absolute atomic E-state index is 9.91. The predicted molar refractivity (Wildman–Crippen MR) is 89.4 cm³/mol. The van der Waals surface area contributed by atoms with Gasteiger partial charge in [-0.2, -0.15) is 0 Å². The third-order valence-electron chi connectivity index (χ3n) is 5.20. The molecular formula is C18H24N4O. The molecule has 23 heavy (non-hydrogen) atoms. The second kappa shape index (κ2) is 6.07. The van der Waals surface area contributed by atoms with Gasteiger partial charge in [0, 0.05) is 56.4 Å². The van der Waals surface area contributed by atoms with Crippen LogP contribution >= 0.6 is 0 Å². The number of hydrogen-bond donors (Lipinski definition) is 1. The molecule has 3 atom stereocenters. The van der Waals surface area contributed by atoms with Crippen LogP contribution in [0.1, 0.15) is 19.0 Å². The molecule has 2 aliphatic rings. The zero-order chi connectivity index (χ0) is 15.8. The Hall–Kier alpha value is -1.69. The first-order valence-corrected chi connectivity index (χ1v) is 8.43. The standard InChI is InChI=1S/C18H24N4O/c1-14-10-21-13-18(23)8-17(21)12-20(14)11-16-5-3-7-22(16)15-4-2-6-19-9-15/h2-7,9,14,17-18,23H,8,10-13H2,1H3/t14-,17-,18-/m1/s1. The highest BCUT2D eigenvalue weighted by Crippen LogP contribution is 2.26. The molecule has 0 aliphatic carbocycles. The first-order valence-electron chi connectivity index (χ1n) is 8.43. The molecule has 2 aromatic heterocycles. The fourth-order valence-corrected chi connectivity index (χ4v) is 4.00. The van der Waals surface area contributed by atoms with Crippen molar-refractivity contribution < 1.29 is 5.11 Å². The van der Waals surface area contributed by atoms with Crippen LogP contribution in [0.3, 0.4) is 0 Å². The lowest BCUT2D eigenvalue weighted by Crippen LogP contribution is -2.54. The molecule has 0 unspecified atom stereocenters. The van der Waals surface area contributed by atoms with Gasteiger partial charge in [-0.3, -0.25) is 14.8 Å². The normalized spacial score (nSPS) is 28.9. The second-order valence-corrected chi connectivity index (χ2v) is 6.86. The van der Waals surface area contributed by atoms with Crippen molar-refractivity contribution in [1.29, 1.82) is 0 Å². The lowest BCUT2D eigenvalue weighted by molar-refractivity contribution is 0.0517. The highest BCUT2D eigenvalue weighted by molar-refractivity contribution is 5.32. The van der Waals surface area contributed by atoms with Gasteiger partial charge in [0.15, 0.2) is 0 Å². The first-order chi connectivity index (χ1) is 11.2. The fraction of sp³-hybridized carbons (Fsp3) is 0.500. The Balaban J connectivity index is 1.52. The molecule has 5 nitrogen and oxygen atoms in total. The summed E-state index contributed by atoms with van der Waals surface area (Å²) in [6.45, 7) is 6.16. The smallest absolute Gasteiger partial charge is 0.0682 e. The van der Waals surface area contributed by atoms with E-state index in [1.165, 1.54) is 5.69 Å². The van der Waals surface area contributed by atoms with Crippen molar-refractivity contribution in [2.24, 2.45) is 0 Å². The Kier molecular flexibility index (Phi) is 3.93. The zero-order valence-electron chi connectivity index (χ0n) is 13.5. The van der Waals surface area contributed by atoms with E-state index < -0.39 is 0 Å². The summed E-state index contributed by atoms with van der Waals surface area (Å²) in [6.07, 6.45) is 6.57.